The number of hydrogen-bond acceptors (Lipinski definition) is 4. The van der Waals surface area contributed by atoms with Crippen LogP contribution in [0.3, 0.4) is 0 Å². The number of amides is 1. The second kappa shape index (κ2) is 6.49. The Kier molecular flexibility index (Phi) is 4.40. The molecule has 1 heterocycles. The molecule has 0 N–H and O–H groups in total. The average molecular weight is 343 g/mol. The number of ether oxygens (including phenoxy) is 1. The van der Waals surface area contributed by atoms with Crippen LogP contribution in [0.1, 0.15) is 15.9 Å². The minimum Gasteiger partial charge on any atom is -0.466 e. The summed E-state index contributed by atoms with van der Waals surface area (Å²) in [6.07, 6.45) is 3.15. The van der Waals surface area contributed by atoms with Crippen LogP contribution >= 0.6 is 11.8 Å². The van der Waals surface area contributed by atoms with Crippen molar-refractivity contribution in [1.29, 1.82) is 0 Å². The van der Waals surface area contributed by atoms with Crippen molar-refractivity contribution in [3.05, 3.63) is 65.5 Å². The van der Waals surface area contributed by atoms with Crippen LogP contribution in [0.2, 0.25) is 0 Å². The first-order chi connectivity index (χ1) is 11.6. The minimum absolute atomic E-state index is 0.223. The molecule has 6 heteroatoms. The molecule has 2 aromatic rings. The van der Waals surface area contributed by atoms with E-state index in [4.69, 9.17) is 4.74 Å². The lowest BCUT2D eigenvalue weighted by atomic mass is 10.1. The predicted octanol–water partition coefficient (Wildman–Crippen LogP) is 3.72. The van der Waals surface area contributed by atoms with Crippen LogP contribution in [0, 0.1) is 5.82 Å². The van der Waals surface area contributed by atoms with Gasteiger partial charge in [-0.3, -0.25) is 9.69 Å². The largest absolute Gasteiger partial charge is 0.466 e. The molecular formula is C18H14FNO3S. The maximum atomic E-state index is 13.6. The van der Waals surface area contributed by atoms with E-state index >= 15 is 0 Å². The van der Waals surface area contributed by atoms with Gasteiger partial charge in [-0.1, -0.05) is 12.1 Å². The number of benzene rings is 2. The third-order valence-electron chi connectivity index (χ3n) is 3.71. The molecule has 0 radical (unpaired) electrons. The van der Waals surface area contributed by atoms with Crippen molar-refractivity contribution in [3.63, 3.8) is 0 Å². The van der Waals surface area contributed by atoms with Crippen LogP contribution in [0.5, 0.6) is 0 Å². The normalized spacial score (nSPS) is 14.9. The summed E-state index contributed by atoms with van der Waals surface area (Å²) in [5, 5.41) is 0. The summed E-state index contributed by atoms with van der Waals surface area (Å²) in [4.78, 5) is 26.9. The van der Waals surface area contributed by atoms with Gasteiger partial charge in [-0.05, 0) is 36.6 Å². The van der Waals surface area contributed by atoms with Crippen LogP contribution in [0.4, 0.5) is 10.1 Å². The first kappa shape index (κ1) is 16.3. The van der Waals surface area contributed by atoms with Crippen molar-refractivity contribution < 1.29 is 18.7 Å². The first-order valence-corrected chi connectivity index (χ1v) is 8.36. The van der Waals surface area contributed by atoms with E-state index in [0.717, 1.165) is 4.90 Å². The number of fused-ring (bicyclic) bond motifs is 1. The molecule has 0 bridgehead atoms. The van der Waals surface area contributed by atoms with Gasteiger partial charge >= 0.3 is 5.97 Å². The van der Waals surface area contributed by atoms with Crippen LogP contribution in [-0.4, -0.2) is 25.2 Å². The van der Waals surface area contributed by atoms with Crippen molar-refractivity contribution in [1.82, 2.24) is 0 Å². The zero-order chi connectivity index (χ0) is 17.3. The van der Waals surface area contributed by atoms with Gasteiger partial charge in [-0.25, -0.2) is 9.18 Å². The highest BCUT2D eigenvalue weighted by molar-refractivity contribution is 7.98. The molecule has 2 aromatic carbocycles. The van der Waals surface area contributed by atoms with Gasteiger partial charge in [0, 0.05) is 16.5 Å². The Bertz CT molecular complexity index is 863. The number of nitrogens with zero attached hydrogens (tertiary/aromatic N) is 1. The molecule has 122 valence electrons. The zero-order valence-corrected chi connectivity index (χ0v) is 13.9. The Morgan fingerprint density at radius 1 is 1.21 bits per heavy atom. The van der Waals surface area contributed by atoms with Crippen molar-refractivity contribution >= 4 is 35.0 Å². The lowest BCUT2D eigenvalue weighted by Crippen LogP contribution is -2.23. The van der Waals surface area contributed by atoms with Gasteiger partial charge in [0.15, 0.2) is 0 Å². The average Bonchev–Trinajstić information content (AvgIpc) is 2.86. The van der Waals surface area contributed by atoms with Crippen molar-refractivity contribution in [2.75, 3.05) is 18.3 Å². The Labute approximate surface area is 142 Å². The van der Waals surface area contributed by atoms with E-state index < -0.39 is 11.8 Å². The number of carbonyl (C=O) groups excluding carboxylic acids is 2. The number of carbonyl (C=O) groups is 2. The predicted molar refractivity (Wildman–Crippen MR) is 91.4 cm³/mol. The number of methoxy groups -OCH3 is 1. The van der Waals surface area contributed by atoms with Crippen LogP contribution in [0.25, 0.3) is 5.70 Å². The van der Waals surface area contributed by atoms with Gasteiger partial charge in [0.2, 0.25) is 0 Å². The molecule has 0 atom stereocenters. The number of esters is 1. The summed E-state index contributed by atoms with van der Waals surface area (Å²) in [6, 6.07) is 11.3. The van der Waals surface area contributed by atoms with Crippen molar-refractivity contribution in [3.8, 4) is 0 Å². The highest BCUT2D eigenvalue weighted by atomic mass is 32.2. The number of thioether (sulfide) groups is 1. The van der Waals surface area contributed by atoms with E-state index in [9.17, 15) is 14.0 Å². The third kappa shape index (κ3) is 2.69. The highest BCUT2D eigenvalue weighted by Crippen LogP contribution is 2.40. The SMILES string of the molecule is COC(=O)/C=C1\c2ccc(F)cc2C(=O)N1c1ccccc1SC. The van der Waals surface area contributed by atoms with Crippen molar-refractivity contribution in [2.45, 2.75) is 4.90 Å². The topological polar surface area (TPSA) is 46.6 Å². The molecule has 0 spiro atoms. The van der Waals surface area contributed by atoms with E-state index in [1.807, 2.05) is 24.5 Å². The number of halogens is 1. The van der Waals surface area contributed by atoms with E-state index in [-0.39, 0.29) is 11.5 Å². The lowest BCUT2D eigenvalue weighted by Gasteiger charge is -2.20. The Morgan fingerprint density at radius 2 is 1.96 bits per heavy atom. The summed E-state index contributed by atoms with van der Waals surface area (Å²) in [5.74, 6) is -1.46. The van der Waals surface area contributed by atoms with Crippen LogP contribution in [-0.2, 0) is 9.53 Å². The molecule has 0 unspecified atom stereocenters. The van der Waals surface area contributed by atoms with Gasteiger partial charge in [-0.15, -0.1) is 11.8 Å². The molecule has 1 aliphatic heterocycles. The summed E-state index contributed by atoms with van der Waals surface area (Å²) < 4.78 is 18.3. The van der Waals surface area contributed by atoms with Crippen LogP contribution < -0.4 is 4.90 Å². The summed E-state index contributed by atoms with van der Waals surface area (Å²) in [7, 11) is 1.27. The Morgan fingerprint density at radius 3 is 2.67 bits per heavy atom. The fourth-order valence-corrected chi connectivity index (χ4v) is 3.22. The zero-order valence-electron chi connectivity index (χ0n) is 13.1. The number of rotatable bonds is 3. The minimum atomic E-state index is -0.582. The maximum Gasteiger partial charge on any atom is 0.332 e. The molecule has 0 fully saturated rings. The fourth-order valence-electron chi connectivity index (χ4n) is 2.63. The second-order valence-corrected chi connectivity index (χ2v) is 5.90. The number of para-hydroxylation sites is 1. The summed E-state index contributed by atoms with van der Waals surface area (Å²) in [6.45, 7) is 0. The second-order valence-electron chi connectivity index (χ2n) is 5.06. The summed E-state index contributed by atoms with van der Waals surface area (Å²) >= 11 is 1.48. The van der Waals surface area contributed by atoms with Crippen LogP contribution in [0.15, 0.2) is 53.4 Å². The Hall–Kier alpha value is -2.60. The molecule has 1 amide bonds. The van der Waals surface area contributed by atoms with Gasteiger partial charge in [0.25, 0.3) is 5.91 Å². The van der Waals surface area contributed by atoms with Gasteiger partial charge in [0.1, 0.15) is 5.82 Å². The highest BCUT2D eigenvalue weighted by Gasteiger charge is 2.35. The lowest BCUT2D eigenvalue weighted by molar-refractivity contribution is -0.134. The van der Waals surface area contributed by atoms with E-state index in [0.29, 0.717) is 16.9 Å². The molecule has 0 aromatic heterocycles. The monoisotopic (exact) mass is 343 g/mol. The Balaban J connectivity index is 2.23. The molecule has 0 aliphatic carbocycles. The smallest absolute Gasteiger partial charge is 0.332 e. The first-order valence-electron chi connectivity index (χ1n) is 7.14. The van der Waals surface area contributed by atoms with Gasteiger partial charge < -0.3 is 4.74 Å². The number of hydrogen-bond donors (Lipinski definition) is 0. The van der Waals surface area contributed by atoms with Gasteiger partial charge in [-0.2, -0.15) is 0 Å². The fraction of sp³-hybridized carbons (Fsp3) is 0.111. The van der Waals surface area contributed by atoms with Gasteiger partial charge in [0.05, 0.1) is 24.1 Å². The molecule has 0 saturated heterocycles. The van der Waals surface area contributed by atoms with Crippen molar-refractivity contribution in [2.24, 2.45) is 0 Å². The van der Waals surface area contributed by atoms with E-state index in [2.05, 4.69) is 0 Å². The third-order valence-corrected chi connectivity index (χ3v) is 4.50. The molecule has 3 rings (SSSR count). The number of anilines is 1. The maximum absolute atomic E-state index is 13.6. The molecule has 0 saturated carbocycles. The molecular weight excluding hydrogens is 329 g/mol. The molecule has 1 aliphatic rings. The standard InChI is InChI=1S/C18H14FNO3S/c1-23-17(21)10-15-12-8-7-11(19)9-13(12)18(22)20(15)14-5-3-4-6-16(14)24-2/h3-10H,1-2H3/b15-10+. The molecule has 4 nitrogen and oxygen atoms in total. The van der Waals surface area contributed by atoms with E-state index in [1.165, 1.54) is 48.0 Å². The quantitative estimate of drug-likeness (QED) is 0.484. The molecule has 24 heavy (non-hydrogen) atoms. The summed E-state index contributed by atoms with van der Waals surface area (Å²) in [5.41, 5.74) is 1.74. The van der Waals surface area contributed by atoms with E-state index in [1.54, 1.807) is 6.07 Å².